The van der Waals surface area contributed by atoms with Crippen molar-refractivity contribution in [3.05, 3.63) is 12.4 Å². The van der Waals surface area contributed by atoms with E-state index < -0.39 is 16.0 Å². The fourth-order valence-corrected chi connectivity index (χ4v) is 2.34. The van der Waals surface area contributed by atoms with E-state index in [0.29, 0.717) is 0 Å². The maximum absolute atomic E-state index is 12.0. The molecule has 1 aromatic rings. The van der Waals surface area contributed by atoms with Crippen LogP contribution in [-0.2, 0) is 26.6 Å². The lowest BCUT2D eigenvalue weighted by atomic mass is 10.4. The third-order valence-corrected chi connectivity index (χ3v) is 4.06. The highest BCUT2D eigenvalue weighted by Crippen LogP contribution is 2.12. The number of sulfonamides is 1. The molecule has 17 heavy (non-hydrogen) atoms. The van der Waals surface area contributed by atoms with Gasteiger partial charge in [0.15, 0.2) is 0 Å². The summed E-state index contributed by atoms with van der Waals surface area (Å²) in [5.41, 5.74) is 0. The van der Waals surface area contributed by atoms with Crippen molar-refractivity contribution < 1.29 is 17.9 Å². The van der Waals surface area contributed by atoms with Crippen molar-refractivity contribution in [3.63, 3.8) is 0 Å². The first-order chi connectivity index (χ1) is 7.87. The van der Waals surface area contributed by atoms with Gasteiger partial charge in [-0.2, -0.15) is 5.10 Å². The van der Waals surface area contributed by atoms with Crippen LogP contribution in [0.5, 0.6) is 0 Å². The van der Waals surface area contributed by atoms with Gasteiger partial charge in [-0.05, 0) is 0 Å². The summed E-state index contributed by atoms with van der Waals surface area (Å²) in [6.45, 7) is 0.0733. The van der Waals surface area contributed by atoms with Crippen LogP contribution in [0.25, 0.3) is 0 Å². The van der Waals surface area contributed by atoms with Crippen molar-refractivity contribution in [1.82, 2.24) is 14.1 Å². The maximum Gasteiger partial charge on any atom is 0.306 e. The van der Waals surface area contributed by atoms with Crippen LogP contribution >= 0.6 is 0 Å². The zero-order valence-corrected chi connectivity index (χ0v) is 10.8. The molecule has 0 saturated heterocycles. The molecule has 0 bridgehead atoms. The molecule has 0 atom stereocenters. The van der Waals surface area contributed by atoms with Crippen molar-refractivity contribution in [2.75, 3.05) is 20.7 Å². The molecule has 0 radical (unpaired) electrons. The van der Waals surface area contributed by atoms with E-state index in [1.807, 2.05) is 0 Å². The van der Waals surface area contributed by atoms with Crippen molar-refractivity contribution in [1.29, 1.82) is 0 Å². The molecule has 0 aromatic carbocycles. The first kappa shape index (κ1) is 13.7. The van der Waals surface area contributed by atoms with E-state index >= 15 is 0 Å². The smallest absolute Gasteiger partial charge is 0.306 e. The van der Waals surface area contributed by atoms with Crippen LogP contribution in [0.4, 0.5) is 0 Å². The fraction of sp³-hybridized carbons (Fsp3) is 0.556. The first-order valence-corrected chi connectivity index (χ1v) is 6.33. The topological polar surface area (TPSA) is 81.5 Å². The number of hydrogen-bond donors (Lipinski definition) is 0. The number of carbonyl (C=O) groups is 1. The summed E-state index contributed by atoms with van der Waals surface area (Å²) in [5, 5.41) is 3.80. The molecule has 1 aromatic heterocycles. The molecule has 0 fully saturated rings. The van der Waals surface area contributed by atoms with Crippen molar-refractivity contribution in [2.24, 2.45) is 7.05 Å². The van der Waals surface area contributed by atoms with Crippen LogP contribution in [0.15, 0.2) is 17.3 Å². The van der Waals surface area contributed by atoms with Crippen LogP contribution in [0.3, 0.4) is 0 Å². The zero-order valence-electron chi connectivity index (χ0n) is 9.95. The lowest BCUT2D eigenvalue weighted by Crippen LogP contribution is -2.29. The molecule has 0 unspecified atom stereocenters. The summed E-state index contributed by atoms with van der Waals surface area (Å²) in [7, 11) is 0.722. The highest BCUT2D eigenvalue weighted by atomic mass is 32.2. The van der Waals surface area contributed by atoms with Gasteiger partial charge in [0.05, 0.1) is 19.7 Å². The third-order valence-electron chi connectivity index (χ3n) is 2.25. The number of hydrogen-bond acceptors (Lipinski definition) is 5. The lowest BCUT2D eigenvalue weighted by Gasteiger charge is -2.14. The standard InChI is InChI=1S/C9H15N3O4S/c1-11-7-8(6-10-11)17(14,15)12(2)5-4-9(13)16-3/h6-7H,4-5H2,1-3H3. The molecule has 0 spiro atoms. The molecule has 8 heteroatoms. The summed E-state index contributed by atoms with van der Waals surface area (Å²) in [6.07, 6.45) is 2.69. The van der Waals surface area contributed by atoms with Crippen LogP contribution in [0.1, 0.15) is 6.42 Å². The Morgan fingerprint density at radius 3 is 2.71 bits per heavy atom. The molecular formula is C9H15N3O4S. The summed E-state index contributed by atoms with van der Waals surface area (Å²) >= 11 is 0. The van der Waals surface area contributed by atoms with Crippen LogP contribution in [-0.4, -0.2) is 49.2 Å². The SMILES string of the molecule is COC(=O)CCN(C)S(=O)(=O)c1cnn(C)c1. The molecular weight excluding hydrogens is 246 g/mol. The number of aryl methyl sites for hydroxylation is 1. The predicted molar refractivity (Wildman–Crippen MR) is 59.7 cm³/mol. The minimum Gasteiger partial charge on any atom is -0.469 e. The minimum atomic E-state index is -3.58. The van der Waals surface area contributed by atoms with Crippen molar-refractivity contribution in [2.45, 2.75) is 11.3 Å². The number of esters is 1. The van der Waals surface area contributed by atoms with Gasteiger partial charge in [-0.15, -0.1) is 0 Å². The molecule has 0 aliphatic heterocycles. The molecule has 0 saturated carbocycles. The fourth-order valence-electron chi connectivity index (χ4n) is 1.18. The van der Waals surface area contributed by atoms with Gasteiger partial charge >= 0.3 is 5.97 Å². The van der Waals surface area contributed by atoms with Gasteiger partial charge in [-0.25, -0.2) is 12.7 Å². The number of ether oxygens (including phenoxy) is 1. The van der Waals surface area contributed by atoms with Gasteiger partial charge in [0.1, 0.15) is 4.90 Å². The second kappa shape index (κ2) is 5.28. The molecule has 1 rings (SSSR count). The zero-order chi connectivity index (χ0) is 13.1. The van der Waals surface area contributed by atoms with E-state index in [4.69, 9.17) is 0 Å². The Morgan fingerprint density at radius 2 is 2.24 bits per heavy atom. The summed E-state index contributed by atoms with van der Waals surface area (Å²) in [6, 6.07) is 0. The van der Waals surface area contributed by atoms with Crippen molar-refractivity contribution >= 4 is 16.0 Å². The number of aromatic nitrogens is 2. The average molecular weight is 261 g/mol. The quantitative estimate of drug-likeness (QED) is 0.674. The number of rotatable bonds is 5. The van der Waals surface area contributed by atoms with Crippen LogP contribution in [0.2, 0.25) is 0 Å². The van der Waals surface area contributed by atoms with Crippen molar-refractivity contribution in [3.8, 4) is 0 Å². The Kier molecular flexibility index (Phi) is 4.24. The van der Waals surface area contributed by atoms with E-state index in [0.717, 1.165) is 4.31 Å². The highest BCUT2D eigenvalue weighted by Gasteiger charge is 2.22. The normalized spacial score (nSPS) is 11.8. The second-order valence-electron chi connectivity index (χ2n) is 3.50. The molecule has 7 nitrogen and oxygen atoms in total. The van der Waals surface area contributed by atoms with Gasteiger partial charge in [0.2, 0.25) is 10.0 Å². The van der Waals surface area contributed by atoms with E-state index in [9.17, 15) is 13.2 Å². The summed E-state index contributed by atoms with van der Waals surface area (Å²) in [5.74, 6) is -0.446. The number of methoxy groups -OCH3 is 1. The molecule has 0 N–H and O–H groups in total. The summed E-state index contributed by atoms with van der Waals surface area (Å²) in [4.78, 5) is 11.0. The Hall–Kier alpha value is -1.41. The van der Waals surface area contributed by atoms with E-state index in [2.05, 4.69) is 9.84 Å². The van der Waals surface area contributed by atoms with Gasteiger partial charge in [0, 0.05) is 26.8 Å². The Labute approximate surface area is 100 Å². The molecule has 96 valence electrons. The van der Waals surface area contributed by atoms with Gasteiger partial charge in [-0.1, -0.05) is 0 Å². The highest BCUT2D eigenvalue weighted by molar-refractivity contribution is 7.89. The lowest BCUT2D eigenvalue weighted by molar-refractivity contribution is -0.140. The van der Waals surface area contributed by atoms with E-state index in [-0.39, 0.29) is 17.9 Å². The molecule has 1 heterocycles. The summed E-state index contributed by atoms with van der Waals surface area (Å²) < 4.78 is 30.9. The number of carbonyl (C=O) groups excluding carboxylic acids is 1. The Balaban J connectivity index is 2.74. The first-order valence-electron chi connectivity index (χ1n) is 4.89. The third kappa shape index (κ3) is 3.27. The van der Waals surface area contributed by atoms with E-state index in [1.54, 1.807) is 7.05 Å². The molecule has 0 amide bonds. The minimum absolute atomic E-state index is 0.0203. The molecule has 0 aliphatic rings. The van der Waals surface area contributed by atoms with Gasteiger partial charge in [-0.3, -0.25) is 9.48 Å². The number of nitrogens with zero attached hydrogens (tertiary/aromatic N) is 3. The van der Waals surface area contributed by atoms with Crippen LogP contribution < -0.4 is 0 Å². The van der Waals surface area contributed by atoms with Gasteiger partial charge < -0.3 is 4.74 Å². The van der Waals surface area contributed by atoms with Crippen LogP contribution in [0, 0.1) is 0 Å². The monoisotopic (exact) mass is 261 g/mol. The van der Waals surface area contributed by atoms with E-state index in [1.165, 1.54) is 31.2 Å². The average Bonchev–Trinajstić information content (AvgIpc) is 2.72. The maximum atomic E-state index is 12.0. The van der Waals surface area contributed by atoms with Gasteiger partial charge in [0.25, 0.3) is 0 Å². The largest absolute Gasteiger partial charge is 0.469 e. The molecule has 0 aliphatic carbocycles. The predicted octanol–water partition coefficient (Wildman–Crippen LogP) is -0.396. The second-order valence-corrected chi connectivity index (χ2v) is 5.55. The Morgan fingerprint density at radius 1 is 1.59 bits per heavy atom. The Bertz CT molecular complexity index is 494.